The number of rotatable bonds is 8. The van der Waals surface area contributed by atoms with E-state index in [9.17, 15) is 9.59 Å². The quantitative estimate of drug-likeness (QED) is 0.366. The molecule has 1 aromatic carbocycles. The minimum absolute atomic E-state index is 0.00934. The third kappa shape index (κ3) is 6.27. The first-order chi connectivity index (χ1) is 17.0. The van der Waals surface area contributed by atoms with Gasteiger partial charge in [0.05, 0.1) is 5.56 Å². The highest BCUT2D eigenvalue weighted by Gasteiger charge is 2.25. The molecule has 2 aromatic heterocycles. The molecule has 3 aromatic rings. The fraction of sp³-hybridized carbons (Fsp3) is 0.320. The van der Waals surface area contributed by atoms with E-state index in [1.807, 2.05) is 53.6 Å². The van der Waals surface area contributed by atoms with Crippen LogP contribution in [0, 0.1) is 0 Å². The maximum atomic E-state index is 13.1. The molecular formula is C25H29N7O2S. The molecule has 2 N–H and O–H groups in total. The lowest BCUT2D eigenvalue weighted by Crippen LogP contribution is -2.49. The van der Waals surface area contributed by atoms with Crippen LogP contribution >= 0.6 is 11.8 Å². The van der Waals surface area contributed by atoms with E-state index in [1.54, 1.807) is 12.3 Å². The molecule has 35 heavy (non-hydrogen) atoms. The number of nitrogens with zero attached hydrogens (tertiary/aromatic N) is 5. The van der Waals surface area contributed by atoms with Crippen LogP contribution in [0.5, 0.6) is 0 Å². The Hall–Kier alpha value is -3.66. The van der Waals surface area contributed by atoms with Gasteiger partial charge in [-0.15, -0.1) is 11.8 Å². The van der Waals surface area contributed by atoms with Gasteiger partial charge in [-0.25, -0.2) is 15.0 Å². The summed E-state index contributed by atoms with van der Waals surface area (Å²) in [5.41, 5.74) is 1.57. The summed E-state index contributed by atoms with van der Waals surface area (Å²) in [6, 6.07) is 15.4. The molecule has 0 aliphatic carbocycles. The minimum atomic E-state index is -0.0662. The number of hydrogen-bond acceptors (Lipinski definition) is 8. The van der Waals surface area contributed by atoms with Gasteiger partial charge >= 0.3 is 0 Å². The summed E-state index contributed by atoms with van der Waals surface area (Å²) in [5, 5.41) is 6.81. The van der Waals surface area contributed by atoms with Gasteiger partial charge in [-0.3, -0.25) is 9.59 Å². The molecule has 1 aliphatic rings. The first-order valence-electron chi connectivity index (χ1n) is 11.5. The van der Waals surface area contributed by atoms with Crippen molar-refractivity contribution < 1.29 is 9.59 Å². The molecule has 9 nitrogen and oxygen atoms in total. The Morgan fingerprint density at radius 1 is 1.00 bits per heavy atom. The number of amides is 2. The molecule has 10 heteroatoms. The van der Waals surface area contributed by atoms with Gasteiger partial charge in [0.2, 0.25) is 5.91 Å². The van der Waals surface area contributed by atoms with Crippen LogP contribution in [0.25, 0.3) is 11.4 Å². The molecule has 0 bridgehead atoms. The zero-order chi connectivity index (χ0) is 24.6. The maximum absolute atomic E-state index is 13.1. The fourth-order valence-electron chi connectivity index (χ4n) is 3.86. The average molecular weight is 492 g/mol. The summed E-state index contributed by atoms with van der Waals surface area (Å²) in [5.74, 6) is 2.07. The van der Waals surface area contributed by atoms with Crippen molar-refractivity contribution in [1.82, 2.24) is 25.2 Å². The van der Waals surface area contributed by atoms with Gasteiger partial charge in [-0.05, 0) is 18.4 Å². The third-order valence-corrected chi connectivity index (χ3v) is 6.35. The zero-order valence-electron chi connectivity index (χ0n) is 19.9. The number of piperazine rings is 1. The highest BCUT2D eigenvalue weighted by Crippen LogP contribution is 2.24. The predicted octanol–water partition coefficient (Wildman–Crippen LogP) is 2.77. The topological polar surface area (TPSA) is 103 Å². The number of anilines is 2. The summed E-state index contributed by atoms with van der Waals surface area (Å²) in [7, 11) is 0. The molecule has 0 spiro atoms. The van der Waals surface area contributed by atoms with E-state index in [-0.39, 0.29) is 11.8 Å². The van der Waals surface area contributed by atoms with E-state index in [0.717, 1.165) is 16.4 Å². The fourth-order valence-corrected chi connectivity index (χ4v) is 4.40. The Labute approximate surface area is 209 Å². The highest BCUT2D eigenvalue weighted by molar-refractivity contribution is 7.98. The minimum Gasteiger partial charge on any atom is -0.368 e. The largest absolute Gasteiger partial charge is 0.368 e. The van der Waals surface area contributed by atoms with Gasteiger partial charge in [-0.2, -0.15) is 0 Å². The molecule has 0 unspecified atom stereocenters. The Morgan fingerprint density at radius 2 is 1.77 bits per heavy atom. The SMILES string of the molecule is CSc1ncccc1C(=O)N1CCN(c2cc(NCCNC(C)=O)nc(-c3ccccc3)n2)CC1. The van der Waals surface area contributed by atoms with Crippen molar-refractivity contribution in [1.29, 1.82) is 0 Å². The molecule has 1 aliphatic heterocycles. The van der Waals surface area contributed by atoms with Gasteiger partial charge in [0.1, 0.15) is 16.7 Å². The van der Waals surface area contributed by atoms with Crippen LogP contribution in [0.4, 0.5) is 11.6 Å². The molecule has 0 atom stereocenters. The van der Waals surface area contributed by atoms with E-state index in [1.165, 1.54) is 18.7 Å². The van der Waals surface area contributed by atoms with E-state index < -0.39 is 0 Å². The Kier molecular flexibility index (Phi) is 8.15. The van der Waals surface area contributed by atoms with E-state index in [4.69, 9.17) is 4.98 Å². The van der Waals surface area contributed by atoms with Gasteiger partial charge < -0.3 is 20.4 Å². The number of hydrogen-bond donors (Lipinski definition) is 2. The summed E-state index contributed by atoms with van der Waals surface area (Å²) in [6.07, 6.45) is 3.64. The number of thioether (sulfide) groups is 1. The van der Waals surface area contributed by atoms with E-state index in [0.29, 0.717) is 56.5 Å². The van der Waals surface area contributed by atoms with Crippen LogP contribution in [-0.2, 0) is 4.79 Å². The molecule has 3 heterocycles. The van der Waals surface area contributed by atoms with Crippen molar-refractivity contribution in [3.05, 3.63) is 60.3 Å². The molecule has 1 fully saturated rings. The molecule has 0 radical (unpaired) electrons. The molecular weight excluding hydrogens is 462 g/mol. The smallest absolute Gasteiger partial charge is 0.256 e. The zero-order valence-corrected chi connectivity index (χ0v) is 20.7. The molecule has 4 rings (SSSR count). The monoisotopic (exact) mass is 491 g/mol. The van der Waals surface area contributed by atoms with Crippen molar-refractivity contribution in [3.8, 4) is 11.4 Å². The third-order valence-electron chi connectivity index (χ3n) is 5.64. The Morgan fingerprint density at radius 3 is 2.49 bits per heavy atom. The lowest BCUT2D eigenvalue weighted by molar-refractivity contribution is -0.118. The number of carbonyl (C=O) groups excluding carboxylic acids is 2. The lowest BCUT2D eigenvalue weighted by atomic mass is 10.2. The second-order valence-electron chi connectivity index (χ2n) is 8.05. The Balaban J connectivity index is 1.49. The average Bonchev–Trinajstić information content (AvgIpc) is 2.91. The summed E-state index contributed by atoms with van der Waals surface area (Å²) >= 11 is 1.48. The highest BCUT2D eigenvalue weighted by atomic mass is 32.2. The van der Waals surface area contributed by atoms with E-state index in [2.05, 4.69) is 25.5 Å². The predicted molar refractivity (Wildman–Crippen MR) is 139 cm³/mol. The van der Waals surface area contributed by atoms with Crippen molar-refractivity contribution in [3.63, 3.8) is 0 Å². The van der Waals surface area contributed by atoms with Crippen molar-refractivity contribution in [2.45, 2.75) is 11.9 Å². The maximum Gasteiger partial charge on any atom is 0.256 e. The number of nitrogens with one attached hydrogen (secondary N) is 2. The summed E-state index contributed by atoms with van der Waals surface area (Å²) in [4.78, 5) is 42.1. The van der Waals surface area contributed by atoms with Crippen LogP contribution in [0.15, 0.2) is 59.8 Å². The molecule has 1 saturated heterocycles. The van der Waals surface area contributed by atoms with Crippen LogP contribution in [0.2, 0.25) is 0 Å². The molecule has 182 valence electrons. The van der Waals surface area contributed by atoms with E-state index >= 15 is 0 Å². The number of carbonyl (C=O) groups is 2. The van der Waals surface area contributed by atoms with Crippen molar-refractivity contribution in [2.75, 3.05) is 55.7 Å². The first-order valence-corrected chi connectivity index (χ1v) is 12.7. The lowest BCUT2D eigenvalue weighted by Gasteiger charge is -2.35. The molecule has 0 saturated carbocycles. The summed E-state index contributed by atoms with van der Waals surface area (Å²) < 4.78 is 0. The Bertz CT molecular complexity index is 1170. The second-order valence-corrected chi connectivity index (χ2v) is 8.85. The first kappa shape index (κ1) is 24.5. The van der Waals surface area contributed by atoms with Crippen LogP contribution < -0.4 is 15.5 Å². The van der Waals surface area contributed by atoms with Crippen LogP contribution in [0.1, 0.15) is 17.3 Å². The molecule has 2 amide bonds. The standard InChI is InChI=1S/C25H29N7O2S/c1-18(33)26-11-12-27-21-17-22(30-23(29-21)19-7-4-3-5-8-19)31-13-15-32(16-14-31)25(34)20-9-6-10-28-24(20)35-2/h3-10,17H,11-16H2,1-2H3,(H,26,33)(H,27,29,30). The van der Waals surface area contributed by atoms with Crippen molar-refractivity contribution >= 4 is 35.2 Å². The van der Waals surface area contributed by atoms with Crippen LogP contribution in [-0.4, -0.2) is 77.2 Å². The second kappa shape index (κ2) is 11.7. The van der Waals surface area contributed by atoms with Crippen LogP contribution in [0.3, 0.4) is 0 Å². The van der Waals surface area contributed by atoms with Crippen molar-refractivity contribution in [2.24, 2.45) is 0 Å². The van der Waals surface area contributed by atoms with Gasteiger partial charge in [-0.1, -0.05) is 30.3 Å². The number of aromatic nitrogens is 3. The van der Waals surface area contributed by atoms with Gasteiger partial charge in [0.15, 0.2) is 5.82 Å². The normalized spacial score (nSPS) is 13.4. The van der Waals surface area contributed by atoms with Gasteiger partial charge in [0.25, 0.3) is 5.91 Å². The summed E-state index contributed by atoms with van der Waals surface area (Å²) in [6.45, 7) is 5.07. The number of benzene rings is 1. The number of pyridine rings is 1. The van der Waals surface area contributed by atoms with Gasteiger partial charge in [0, 0.05) is 64.0 Å².